The number of carbonyl (C=O) groups is 1. The topological polar surface area (TPSA) is 38.3 Å². The van der Waals surface area contributed by atoms with Crippen molar-refractivity contribution in [2.45, 2.75) is 19.3 Å². The van der Waals surface area contributed by atoms with E-state index in [0.29, 0.717) is 19.1 Å². The highest BCUT2D eigenvalue weighted by Crippen LogP contribution is 2.33. The first-order chi connectivity index (χ1) is 8.81. The van der Waals surface area contributed by atoms with Crippen LogP contribution in [0.4, 0.5) is 0 Å². The molecule has 1 N–H and O–H groups in total. The SMILES string of the molecule is CCOC(=O)/C=C/CNCC1Cc2ccccc21. The summed E-state index contributed by atoms with van der Waals surface area (Å²) in [4.78, 5) is 11.0. The molecule has 0 amide bonds. The highest BCUT2D eigenvalue weighted by molar-refractivity contribution is 5.81. The van der Waals surface area contributed by atoms with E-state index in [2.05, 4.69) is 29.6 Å². The summed E-state index contributed by atoms with van der Waals surface area (Å²) in [6.07, 6.45) is 4.44. The maximum absolute atomic E-state index is 11.0. The summed E-state index contributed by atoms with van der Waals surface area (Å²) in [6, 6.07) is 8.56. The number of hydrogen-bond acceptors (Lipinski definition) is 3. The summed E-state index contributed by atoms with van der Waals surface area (Å²) in [5, 5.41) is 3.33. The average Bonchev–Trinajstić information content (AvgIpc) is 2.34. The summed E-state index contributed by atoms with van der Waals surface area (Å²) in [5.74, 6) is 0.352. The van der Waals surface area contributed by atoms with Gasteiger partial charge in [-0.25, -0.2) is 4.79 Å². The van der Waals surface area contributed by atoms with Gasteiger partial charge in [0.1, 0.15) is 0 Å². The minimum Gasteiger partial charge on any atom is -0.463 e. The monoisotopic (exact) mass is 245 g/mol. The second kappa shape index (κ2) is 6.36. The van der Waals surface area contributed by atoms with Crippen molar-refractivity contribution in [3.8, 4) is 0 Å². The molecular weight excluding hydrogens is 226 g/mol. The predicted octanol–water partition coefficient (Wildman–Crippen LogP) is 2.04. The fraction of sp³-hybridized carbons (Fsp3) is 0.400. The molecule has 0 aliphatic heterocycles. The number of hydrogen-bond donors (Lipinski definition) is 1. The van der Waals surface area contributed by atoms with Crippen molar-refractivity contribution >= 4 is 5.97 Å². The Morgan fingerprint density at radius 3 is 3.11 bits per heavy atom. The van der Waals surface area contributed by atoms with E-state index in [1.54, 1.807) is 6.92 Å². The number of rotatable bonds is 6. The van der Waals surface area contributed by atoms with Crippen molar-refractivity contribution in [1.29, 1.82) is 0 Å². The first-order valence-electron chi connectivity index (χ1n) is 6.43. The molecule has 0 saturated carbocycles. The van der Waals surface area contributed by atoms with Crippen LogP contribution >= 0.6 is 0 Å². The Morgan fingerprint density at radius 2 is 2.33 bits per heavy atom. The maximum Gasteiger partial charge on any atom is 0.330 e. The molecule has 0 spiro atoms. The van der Waals surface area contributed by atoms with Gasteiger partial charge in [0.25, 0.3) is 0 Å². The van der Waals surface area contributed by atoms with Crippen LogP contribution in [0.25, 0.3) is 0 Å². The summed E-state index contributed by atoms with van der Waals surface area (Å²) < 4.78 is 4.79. The molecule has 0 heterocycles. The Morgan fingerprint density at radius 1 is 1.50 bits per heavy atom. The Labute approximate surface area is 108 Å². The zero-order valence-corrected chi connectivity index (χ0v) is 10.7. The number of ether oxygens (including phenoxy) is 1. The van der Waals surface area contributed by atoms with Crippen molar-refractivity contribution in [2.75, 3.05) is 19.7 Å². The fourth-order valence-corrected chi connectivity index (χ4v) is 2.23. The molecule has 1 unspecified atom stereocenters. The molecule has 0 fully saturated rings. The lowest BCUT2D eigenvalue weighted by Crippen LogP contribution is -2.29. The third kappa shape index (κ3) is 3.20. The maximum atomic E-state index is 11.0. The molecule has 0 bridgehead atoms. The minimum atomic E-state index is -0.270. The molecule has 1 aliphatic rings. The van der Waals surface area contributed by atoms with Crippen molar-refractivity contribution in [3.05, 3.63) is 47.5 Å². The van der Waals surface area contributed by atoms with Crippen LogP contribution < -0.4 is 5.32 Å². The first-order valence-corrected chi connectivity index (χ1v) is 6.43. The van der Waals surface area contributed by atoms with E-state index in [9.17, 15) is 4.79 Å². The number of fused-ring (bicyclic) bond motifs is 1. The van der Waals surface area contributed by atoms with Crippen LogP contribution in [-0.2, 0) is 16.0 Å². The number of carbonyl (C=O) groups excluding carboxylic acids is 1. The smallest absolute Gasteiger partial charge is 0.330 e. The molecule has 2 rings (SSSR count). The Bertz CT molecular complexity index is 440. The third-order valence-electron chi connectivity index (χ3n) is 3.15. The molecule has 1 aromatic carbocycles. The van der Waals surface area contributed by atoms with Gasteiger partial charge < -0.3 is 10.1 Å². The van der Waals surface area contributed by atoms with Gasteiger partial charge in [0.2, 0.25) is 0 Å². The molecule has 1 atom stereocenters. The van der Waals surface area contributed by atoms with Gasteiger partial charge in [-0.05, 0) is 24.5 Å². The van der Waals surface area contributed by atoms with E-state index in [-0.39, 0.29) is 5.97 Å². The van der Waals surface area contributed by atoms with Crippen molar-refractivity contribution < 1.29 is 9.53 Å². The normalized spacial score (nSPS) is 17.3. The molecule has 96 valence electrons. The fourth-order valence-electron chi connectivity index (χ4n) is 2.23. The Kier molecular flexibility index (Phi) is 4.53. The van der Waals surface area contributed by atoms with Gasteiger partial charge in [0.05, 0.1) is 6.61 Å². The van der Waals surface area contributed by atoms with Crippen LogP contribution in [0.15, 0.2) is 36.4 Å². The average molecular weight is 245 g/mol. The van der Waals surface area contributed by atoms with E-state index < -0.39 is 0 Å². The van der Waals surface area contributed by atoms with Gasteiger partial charge in [-0.3, -0.25) is 0 Å². The van der Waals surface area contributed by atoms with Gasteiger partial charge >= 0.3 is 5.97 Å². The summed E-state index contributed by atoms with van der Waals surface area (Å²) in [7, 11) is 0. The van der Waals surface area contributed by atoms with Crippen LogP contribution in [0, 0.1) is 0 Å². The summed E-state index contributed by atoms with van der Waals surface area (Å²) >= 11 is 0. The Balaban J connectivity index is 1.65. The third-order valence-corrected chi connectivity index (χ3v) is 3.15. The summed E-state index contributed by atoms with van der Waals surface area (Å²) in [6.45, 7) is 3.90. The number of nitrogens with one attached hydrogen (secondary N) is 1. The van der Waals surface area contributed by atoms with Crippen LogP contribution in [-0.4, -0.2) is 25.7 Å². The molecule has 3 heteroatoms. The lowest BCUT2D eigenvalue weighted by atomic mass is 9.78. The molecular formula is C15H19NO2. The molecule has 18 heavy (non-hydrogen) atoms. The quantitative estimate of drug-likeness (QED) is 0.473. The number of esters is 1. The molecule has 0 radical (unpaired) electrons. The van der Waals surface area contributed by atoms with Crippen LogP contribution in [0.2, 0.25) is 0 Å². The van der Waals surface area contributed by atoms with Gasteiger partial charge in [-0.1, -0.05) is 30.3 Å². The minimum absolute atomic E-state index is 0.270. The van der Waals surface area contributed by atoms with Crippen LogP contribution in [0.3, 0.4) is 0 Å². The molecule has 3 nitrogen and oxygen atoms in total. The summed E-state index contributed by atoms with van der Waals surface area (Å²) in [5.41, 5.74) is 2.92. The highest BCUT2D eigenvalue weighted by Gasteiger charge is 2.24. The number of benzene rings is 1. The standard InChI is InChI=1S/C15H19NO2/c1-2-18-15(17)8-5-9-16-11-13-10-12-6-3-4-7-14(12)13/h3-8,13,16H,2,9-11H2,1H3/b8-5+. The largest absolute Gasteiger partial charge is 0.463 e. The zero-order chi connectivity index (χ0) is 12.8. The van der Waals surface area contributed by atoms with Gasteiger partial charge in [-0.2, -0.15) is 0 Å². The van der Waals surface area contributed by atoms with E-state index in [1.807, 2.05) is 6.08 Å². The van der Waals surface area contributed by atoms with Gasteiger partial charge in [0, 0.05) is 25.1 Å². The molecule has 1 aromatic rings. The molecule has 0 saturated heterocycles. The van der Waals surface area contributed by atoms with E-state index in [1.165, 1.54) is 17.2 Å². The Hall–Kier alpha value is -1.61. The molecule has 0 aromatic heterocycles. The van der Waals surface area contributed by atoms with E-state index in [0.717, 1.165) is 13.0 Å². The van der Waals surface area contributed by atoms with Crippen LogP contribution in [0.5, 0.6) is 0 Å². The molecule has 1 aliphatic carbocycles. The lowest BCUT2D eigenvalue weighted by molar-refractivity contribution is -0.137. The second-order valence-electron chi connectivity index (χ2n) is 4.41. The van der Waals surface area contributed by atoms with Crippen LogP contribution in [0.1, 0.15) is 24.0 Å². The highest BCUT2D eigenvalue weighted by atomic mass is 16.5. The van der Waals surface area contributed by atoms with Crippen molar-refractivity contribution in [2.24, 2.45) is 0 Å². The van der Waals surface area contributed by atoms with Crippen molar-refractivity contribution in [1.82, 2.24) is 5.32 Å². The second-order valence-corrected chi connectivity index (χ2v) is 4.41. The predicted molar refractivity (Wildman–Crippen MR) is 71.5 cm³/mol. The van der Waals surface area contributed by atoms with E-state index in [4.69, 9.17) is 4.74 Å². The first kappa shape index (κ1) is 12.8. The van der Waals surface area contributed by atoms with Gasteiger partial charge in [-0.15, -0.1) is 0 Å². The van der Waals surface area contributed by atoms with Gasteiger partial charge in [0.15, 0.2) is 0 Å². The van der Waals surface area contributed by atoms with E-state index >= 15 is 0 Å². The lowest BCUT2D eigenvalue weighted by Gasteiger charge is -2.30. The van der Waals surface area contributed by atoms with Crippen molar-refractivity contribution in [3.63, 3.8) is 0 Å². The zero-order valence-electron chi connectivity index (χ0n) is 10.7.